The molecule has 7 rings (SSSR count). The van der Waals surface area contributed by atoms with E-state index in [1.807, 2.05) is 30.3 Å². The number of imidazole rings is 1. The van der Waals surface area contributed by atoms with Crippen LogP contribution in [0.25, 0.3) is 22.3 Å². The van der Waals surface area contributed by atoms with Crippen LogP contribution in [0.2, 0.25) is 5.02 Å². The van der Waals surface area contributed by atoms with Crippen LogP contribution in [0.15, 0.2) is 66.7 Å². The van der Waals surface area contributed by atoms with Gasteiger partial charge >= 0.3 is 5.97 Å². The molecule has 2 aliphatic rings. The summed E-state index contributed by atoms with van der Waals surface area (Å²) in [6.45, 7) is 1.85. The van der Waals surface area contributed by atoms with Crippen LogP contribution in [0, 0.1) is 0 Å². The van der Waals surface area contributed by atoms with Gasteiger partial charge in [-0.1, -0.05) is 35.9 Å². The highest BCUT2D eigenvalue weighted by atomic mass is 35.5. The Bertz CT molecular complexity index is 1920. The highest BCUT2D eigenvalue weighted by molar-refractivity contribution is 6.30. The zero-order chi connectivity index (χ0) is 31.6. The first kappa shape index (κ1) is 30.3. The molecule has 46 heavy (non-hydrogen) atoms. The summed E-state index contributed by atoms with van der Waals surface area (Å²) < 4.78 is 24.9. The summed E-state index contributed by atoms with van der Waals surface area (Å²) in [6, 6.07) is 22.1. The van der Waals surface area contributed by atoms with E-state index in [0.29, 0.717) is 36.8 Å². The summed E-state index contributed by atoms with van der Waals surface area (Å²) in [4.78, 5) is 22.5. The van der Waals surface area contributed by atoms with E-state index in [1.54, 1.807) is 13.2 Å². The molecule has 9 heteroatoms. The Balaban J connectivity index is 1.28. The zero-order valence-corrected chi connectivity index (χ0v) is 26.8. The molecule has 0 spiro atoms. The normalized spacial score (nSPS) is 16.1. The van der Waals surface area contributed by atoms with E-state index in [9.17, 15) is 4.79 Å². The molecule has 0 radical (unpaired) electrons. The average Bonchev–Trinajstić information content (AvgIpc) is 3.40. The molecule has 3 aromatic carbocycles. The number of ether oxygens (including phenoxy) is 4. The van der Waals surface area contributed by atoms with Crippen molar-refractivity contribution in [2.24, 2.45) is 0 Å². The number of nitrogens with zero attached hydrogens (tertiary/aromatic N) is 3. The number of rotatable bonds is 6. The van der Waals surface area contributed by atoms with Crippen molar-refractivity contribution in [1.82, 2.24) is 14.5 Å². The van der Waals surface area contributed by atoms with E-state index in [1.165, 1.54) is 23.8 Å². The number of carbonyl (C=O) groups is 1. The van der Waals surface area contributed by atoms with Crippen molar-refractivity contribution in [3.63, 3.8) is 0 Å². The van der Waals surface area contributed by atoms with E-state index in [2.05, 4.69) is 34.9 Å². The van der Waals surface area contributed by atoms with Gasteiger partial charge in [0.1, 0.15) is 23.7 Å². The number of hydrogen-bond donors (Lipinski definition) is 0. The molecule has 1 saturated heterocycles. The van der Waals surface area contributed by atoms with Gasteiger partial charge in [-0.3, -0.25) is 0 Å². The molecule has 2 aliphatic heterocycles. The minimum absolute atomic E-state index is 0.0984. The fourth-order valence-corrected chi connectivity index (χ4v) is 6.56. The molecule has 0 N–H and O–H groups in total. The Morgan fingerprint density at radius 2 is 1.83 bits per heavy atom. The number of methoxy groups -OCH3 is 2. The predicted molar refractivity (Wildman–Crippen MR) is 177 cm³/mol. The second-order valence-corrected chi connectivity index (χ2v) is 12.3. The van der Waals surface area contributed by atoms with Crippen molar-refractivity contribution >= 4 is 28.6 Å². The summed E-state index contributed by atoms with van der Waals surface area (Å²) in [7, 11) is 2.98. The molecular formula is C37H36ClN3O5. The third-order valence-corrected chi connectivity index (χ3v) is 9.21. The lowest BCUT2D eigenvalue weighted by molar-refractivity contribution is -0.0589. The number of benzene rings is 3. The third-order valence-electron chi connectivity index (χ3n) is 8.98. The minimum Gasteiger partial charge on any atom is -0.494 e. The van der Waals surface area contributed by atoms with Crippen molar-refractivity contribution in [1.29, 1.82) is 0 Å². The van der Waals surface area contributed by atoms with E-state index in [4.69, 9.17) is 40.5 Å². The average molecular weight is 638 g/mol. The number of halogens is 1. The van der Waals surface area contributed by atoms with Crippen molar-refractivity contribution in [3.8, 4) is 22.9 Å². The highest BCUT2D eigenvalue weighted by Crippen LogP contribution is 2.33. The Labute approximate surface area is 273 Å². The molecule has 5 aromatic rings. The minimum atomic E-state index is -0.417. The second kappa shape index (κ2) is 13.1. The van der Waals surface area contributed by atoms with Crippen molar-refractivity contribution < 1.29 is 23.7 Å². The molecule has 236 valence electrons. The van der Waals surface area contributed by atoms with Crippen LogP contribution in [-0.2, 0) is 41.9 Å². The van der Waals surface area contributed by atoms with E-state index >= 15 is 0 Å². The maximum atomic E-state index is 12.5. The first-order chi connectivity index (χ1) is 22.5. The first-order valence-electron chi connectivity index (χ1n) is 15.8. The van der Waals surface area contributed by atoms with Crippen LogP contribution in [-0.4, -0.2) is 47.4 Å². The van der Waals surface area contributed by atoms with Crippen LogP contribution in [0.4, 0.5) is 0 Å². The number of pyridine rings is 1. The molecule has 2 aromatic heterocycles. The lowest BCUT2D eigenvalue weighted by atomic mass is 9.94. The Morgan fingerprint density at radius 1 is 0.978 bits per heavy atom. The van der Waals surface area contributed by atoms with E-state index in [0.717, 1.165) is 77.4 Å². The standard InChI is InChI=1S/C37H36ClN3O5/c1-43-33-19-28(37(42)44-2)18-32-36(33)40-34(41(32)21-30-14-15-45-30)20-25-10-11-26-16-23(25)6-3-4-7-24-17-29(38)13-12-27(24)22-46-35-9-5-8-31(26)39-35/h5,8-13,16-19,30H,3-4,6-7,14-15,20-22H2,1-2H3/t30-/m0/s1. The molecule has 1 fully saturated rings. The van der Waals surface area contributed by atoms with Gasteiger partial charge in [0.15, 0.2) is 0 Å². The summed E-state index contributed by atoms with van der Waals surface area (Å²) in [5.74, 6) is 1.61. The first-order valence-corrected chi connectivity index (χ1v) is 16.1. The maximum Gasteiger partial charge on any atom is 0.338 e. The Kier molecular flexibility index (Phi) is 8.65. The second-order valence-electron chi connectivity index (χ2n) is 11.9. The van der Waals surface area contributed by atoms with Gasteiger partial charge in [-0.05, 0) is 90.8 Å². The number of hydrogen-bond acceptors (Lipinski definition) is 7. The number of aryl methyl sites for hydroxylation is 2. The summed E-state index contributed by atoms with van der Waals surface area (Å²) in [5, 5.41) is 0.737. The summed E-state index contributed by atoms with van der Waals surface area (Å²) in [5.41, 5.74) is 8.69. The van der Waals surface area contributed by atoms with E-state index in [-0.39, 0.29) is 6.10 Å². The van der Waals surface area contributed by atoms with Crippen molar-refractivity contribution in [2.75, 3.05) is 20.8 Å². The lowest BCUT2D eigenvalue weighted by Gasteiger charge is -2.27. The molecule has 4 bridgehead atoms. The predicted octanol–water partition coefficient (Wildman–Crippen LogP) is 7.38. The fraction of sp³-hybridized carbons (Fsp3) is 0.324. The molecular weight excluding hydrogens is 602 g/mol. The van der Waals surface area contributed by atoms with Crippen molar-refractivity contribution in [2.45, 2.75) is 57.8 Å². The number of carbonyl (C=O) groups excluding carboxylic acids is 1. The smallest absolute Gasteiger partial charge is 0.338 e. The van der Waals surface area contributed by atoms with Crippen LogP contribution in [0.3, 0.4) is 0 Å². The Morgan fingerprint density at radius 3 is 2.61 bits per heavy atom. The fourth-order valence-electron chi connectivity index (χ4n) is 6.37. The molecule has 0 saturated carbocycles. The third kappa shape index (κ3) is 6.19. The topological polar surface area (TPSA) is 84.7 Å². The number of aromatic nitrogens is 3. The molecule has 0 aliphatic carbocycles. The SMILES string of the molecule is COC(=O)c1cc(OC)c2nc(Cc3ccc4cc3CCCCc3cc(Cl)ccc3COc3cccc-4n3)n(C[C@@H]3CCO3)c2c1. The van der Waals surface area contributed by atoms with Crippen molar-refractivity contribution in [3.05, 3.63) is 105 Å². The maximum absolute atomic E-state index is 12.5. The van der Waals surface area contributed by atoms with Crippen LogP contribution in [0.5, 0.6) is 11.6 Å². The van der Waals surface area contributed by atoms with Gasteiger partial charge in [0.25, 0.3) is 0 Å². The summed E-state index contributed by atoms with van der Waals surface area (Å²) >= 11 is 6.38. The van der Waals surface area contributed by atoms with E-state index < -0.39 is 5.97 Å². The van der Waals surface area contributed by atoms with Gasteiger partial charge < -0.3 is 23.5 Å². The molecule has 8 nitrogen and oxygen atoms in total. The van der Waals surface area contributed by atoms with Gasteiger partial charge in [0, 0.05) is 29.7 Å². The van der Waals surface area contributed by atoms with Crippen LogP contribution < -0.4 is 9.47 Å². The zero-order valence-electron chi connectivity index (χ0n) is 26.1. The Hall–Kier alpha value is -4.40. The van der Waals surface area contributed by atoms with Gasteiger partial charge in [-0.15, -0.1) is 0 Å². The van der Waals surface area contributed by atoms with Crippen LogP contribution >= 0.6 is 11.6 Å². The number of esters is 1. The van der Waals surface area contributed by atoms with Gasteiger partial charge in [0.2, 0.25) is 5.88 Å². The van der Waals surface area contributed by atoms with Gasteiger partial charge in [-0.2, -0.15) is 0 Å². The molecule has 4 heterocycles. The molecule has 0 unspecified atom stereocenters. The van der Waals surface area contributed by atoms with Gasteiger partial charge in [-0.25, -0.2) is 14.8 Å². The lowest BCUT2D eigenvalue weighted by Crippen LogP contribution is -2.31. The highest BCUT2D eigenvalue weighted by Gasteiger charge is 2.25. The molecule has 0 amide bonds. The molecule has 1 atom stereocenters. The monoisotopic (exact) mass is 637 g/mol. The largest absolute Gasteiger partial charge is 0.494 e. The number of fused-ring (bicyclic) bond motifs is 7. The van der Waals surface area contributed by atoms with Crippen LogP contribution in [0.1, 0.15) is 57.7 Å². The van der Waals surface area contributed by atoms with Gasteiger partial charge in [0.05, 0.1) is 43.6 Å². The quantitative estimate of drug-likeness (QED) is 0.180. The summed E-state index contributed by atoms with van der Waals surface area (Å²) in [6.07, 6.45) is 5.56.